The molecule has 1 spiro atoms. The van der Waals surface area contributed by atoms with Crippen LogP contribution in [-0.4, -0.2) is 19.7 Å². The summed E-state index contributed by atoms with van der Waals surface area (Å²) < 4.78 is 5.58. The lowest BCUT2D eigenvalue weighted by Gasteiger charge is -2.39. The number of rotatable bonds is 1. The van der Waals surface area contributed by atoms with Crippen LogP contribution in [0.2, 0.25) is 0 Å². The van der Waals surface area contributed by atoms with Gasteiger partial charge in [0.25, 0.3) is 0 Å². The molecule has 1 unspecified atom stereocenters. The zero-order chi connectivity index (χ0) is 11.3. The van der Waals surface area contributed by atoms with Crippen molar-refractivity contribution in [1.29, 1.82) is 0 Å². The molecule has 90 valence electrons. The van der Waals surface area contributed by atoms with E-state index in [1.165, 1.54) is 37.9 Å². The van der Waals surface area contributed by atoms with Crippen molar-refractivity contribution in [2.75, 3.05) is 19.7 Å². The SMILES string of the molecule is c1cc2c(cc1C1CCC3(CNC3)C1)CCO2. The van der Waals surface area contributed by atoms with Gasteiger partial charge in [0.15, 0.2) is 0 Å². The Morgan fingerprint density at radius 3 is 3.00 bits per heavy atom. The lowest BCUT2D eigenvalue weighted by atomic mass is 9.79. The molecule has 2 heterocycles. The number of fused-ring (bicyclic) bond motifs is 1. The second-order valence-electron chi connectivity index (χ2n) is 6.01. The highest BCUT2D eigenvalue weighted by atomic mass is 16.5. The molecule has 0 radical (unpaired) electrons. The monoisotopic (exact) mass is 229 g/mol. The van der Waals surface area contributed by atoms with Crippen LogP contribution in [-0.2, 0) is 6.42 Å². The van der Waals surface area contributed by atoms with Crippen LogP contribution in [0.15, 0.2) is 18.2 Å². The van der Waals surface area contributed by atoms with Gasteiger partial charge in [-0.15, -0.1) is 0 Å². The molecule has 0 bridgehead atoms. The van der Waals surface area contributed by atoms with Gasteiger partial charge in [0.1, 0.15) is 5.75 Å². The highest BCUT2D eigenvalue weighted by molar-refractivity contribution is 5.41. The van der Waals surface area contributed by atoms with Gasteiger partial charge < -0.3 is 10.1 Å². The molecule has 2 fully saturated rings. The van der Waals surface area contributed by atoms with Crippen LogP contribution >= 0.6 is 0 Å². The van der Waals surface area contributed by atoms with E-state index in [1.807, 2.05) is 0 Å². The number of hydrogen-bond acceptors (Lipinski definition) is 2. The predicted octanol–water partition coefficient (Wildman–Crippen LogP) is 2.48. The fraction of sp³-hybridized carbons (Fsp3) is 0.600. The Morgan fingerprint density at radius 1 is 1.29 bits per heavy atom. The lowest BCUT2D eigenvalue weighted by Crippen LogP contribution is -2.51. The zero-order valence-electron chi connectivity index (χ0n) is 10.2. The average molecular weight is 229 g/mol. The number of benzene rings is 1. The first-order chi connectivity index (χ1) is 8.35. The summed E-state index contributed by atoms with van der Waals surface area (Å²) in [5, 5.41) is 3.44. The van der Waals surface area contributed by atoms with E-state index in [9.17, 15) is 0 Å². The van der Waals surface area contributed by atoms with E-state index in [0.717, 1.165) is 24.7 Å². The van der Waals surface area contributed by atoms with Crippen molar-refractivity contribution in [2.45, 2.75) is 31.6 Å². The second-order valence-corrected chi connectivity index (χ2v) is 6.01. The van der Waals surface area contributed by atoms with E-state index in [-0.39, 0.29) is 0 Å². The lowest BCUT2D eigenvalue weighted by molar-refractivity contribution is 0.175. The molecule has 1 N–H and O–H groups in total. The molecule has 4 rings (SSSR count). The quantitative estimate of drug-likeness (QED) is 0.799. The van der Waals surface area contributed by atoms with Gasteiger partial charge in [-0.25, -0.2) is 0 Å². The fourth-order valence-corrected chi connectivity index (χ4v) is 3.75. The molecule has 0 amide bonds. The maximum Gasteiger partial charge on any atom is 0.122 e. The minimum absolute atomic E-state index is 0.653. The van der Waals surface area contributed by atoms with Crippen LogP contribution in [0.1, 0.15) is 36.3 Å². The van der Waals surface area contributed by atoms with Gasteiger partial charge in [-0.05, 0) is 47.8 Å². The molecule has 0 aromatic heterocycles. The van der Waals surface area contributed by atoms with Crippen LogP contribution in [0.5, 0.6) is 5.75 Å². The Hall–Kier alpha value is -1.02. The van der Waals surface area contributed by atoms with Crippen LogP contribution < -0.4 is 10.1 Å². The Labute approximate surface area is 102 Å². The Kier molecular flexibility index (Phi) is 2.04. The van der Waals surface area contributed by atoms with E-state index < -0.39 is 0 Å². The molecular formula is C15H19NO. The summed E-state index contributed by atoms with van der Waals surface area (Å²) in [4.78, 5) is 0. The number of nitrogens with one attached hydrogen (secondary N) is 1. The molecule has 1 saturated heterocycles. The topological polar surface area (TPSA) is 21.3 Å². The van der Waals surface area contributed by atoms with Crippen molar-refractivity contribution >= 4 is 0 Å². The van der Waals surface area contributed by atoms with Crippen molar-refractivity contribution in [2.24, 2.45) is 5.41 Å². The predicted molar refractivity (Wildman–Crippen MR) is 67.5 cm³/mol. The van der Waals surface area contributed by atoms with Gasteiger partial charge in [0, 0.05) is 19.5 Å². The normalized spacial score (nSPS) is 28.8. The van der Waals surface area contributed by atoms with Crippen molar-refractivity contribution in [1.82, 2.24) is 5.32 Å². The van der Waals surface area contributed by atoms with Crippen LogP contribution in [0.3, 0.4) is 0 Å². The van der Waals surface area contributed by atoms with Crippen molar-refractivity contribution < 1.29 is 4.74 Å². The first kappa shape index (κ1) is 9.95. The van der Waals surface area contributed by atoms with E-state index >= 15 is 0 Å². The summed E-state index contributed by atoms with van der Waals surface area (Å²) in [6.45, 7) is 3.37. The van der Waals surface area contributed by atoms with Crippen molar-refractivity contribution in [3.05, 3.63) is 29.3 Å². The van der Waals surface area contributed by atoms with Crippen molar-refractivity contribution in [3.8, 4) is 5.75 Å². The van der Waals surface area contributed by atoms with Gasteiger partial charge in [-0.3, -0.25) is 0 Å². The third kappa shape index (κ3) is 1.50. The number of hydrogen-bond donors (Lipinski definition) is 1. The second kappa shape index (κ2) is 3.49. The Balaban J connectivity index is 1.59. The smallest absolute Gasteiger partial charge is 0.122 e. The third-order valence-corrected chi connectivity index (χ3v) is 4.89. The maximum absolute atomic E-state index is 5.58. The van der Waals surface area contributed by atoms with Gasteiger partial charge in [-0.1, -0.05) is 12.1 Å². The largest absolute Gasteiger partial charge is 0.493 e. The summed E-state index contributed by atoms with van der Waals surface area (Å²) in [5.41, 5.74) is 3.63. The van der Waals surface area contributed by atoms with Gasteiger partial charge >= 0.3 is 0 Å². The van der Waals surface area contributed by atoms with Crippen LogP contribution in [0, 0.1) is 5.41 Å². The van der Waals surface area contributed by atoms with E-state index in [0.29, 0.717) is 5.41 Å². The molecule has 1 aliphatic carbocycles. The first-order valence-corrected chi connectivity index (χ1v) is 6.81. The van der Waals surface area contributed by atoms with E-state index in [2.05, 4.69) is 23.5 Å². The van der Waals surface area contributed by atoms with Crippen LogP contribution in [0.25, 0.3) is 0 Å². The molecular weight excluding hydrogens is 210 g/mol. The minimum atomic E-state index is 0.653. The molecule has 3 aliphatic rings. The van der Waals surface area contributed by atoms with Crippen LogP contribution in [0.4, 0.5) is 0 Å². The zero-order valence-corrected chi connectivity index (χ0v) is 10.2. The summed E-state index contributed by atoms with van der Waals surface area (Å²) >= 11 is 0. The Morgan fingerprint density at radius 2 is 2.24 bits per heavy atom. The summed E-state index contributed by atoms with van der Waals surface area (Å²) in [6.07, 6.45) is 5.28. The van der Waals surface area contributed by atoms with Crippen molar-refractivity contribution in [3.63, 3.8) is 0 Å². The molecule has 1 aromatic rings. The molecule has 17 heavy (non-hydrogen) atoms. The van der Waals surface area contributed by atoms with E-state index in [4.69, 9.17) is 4.74 Å². The first-order valence-electron chi connectivity index (χ1n) is 6.81. The standard InChI is InChI=1S/C15H19NO/c1-2-14-12(4-6-17-14)7-11(1)13-3-5-15(8-13)9-16-10-15/h1-2,7,13,16H,3-6,8-10H2. The van der Waals surface area contributed by atoms with E-state index in [1.54, 1.807) is 5.56 Å². The summed E-state index contributed by atoms with van der Waals surface area (Å²) in [6, 6.07) is 6.87. The maximum atomic E-state index is 5.58. The minimum Gasteiger partial charge on any atom is -0.493 e. The molecule has 2 aliphatic heterocycles. The molecule has 1 aromatic carbocycles. The molecule has 2 heteroatoms. The molecule has 1 atom stereocenters. The summed E-state index contributed by atoms with van der Waals surface area (Å²) in [5.74, 6) is 1.91. The van der Waals surface area contributed by atoms with Gasteiger partial charge in [0.2, 0.25) is 0 Å². The van der Waals surface area contributed by atoms with Gasteiger partial charge in [-0.2, -0.15) is 0 Å². The highest BCUT2D eigenvalue weighted by Gasteiger charge is 2.43. The average Bonchev–Trinajstić information content (AvgIpc) is 2.94. The Bertz CT molecular complexity index is 450. The third-order valence-electron chi connectivity index (χ3n) is 4.89. The molecule has 2 nitrogen and oxygen atoms in total. The summed E-state index contributed by atoms with van der Waals surface area (Å²) in [7, 11) is 0. The highest BCUT2D eigenvalue weighted by Crippen LogP contribution is 2.49. The fourth-order valence-electron chi connectivity index (χ4n) is 3.75. The van der Waals surface area contributed by atoms with Gasteiger partial charge in [0.05, 0.1) is 6.61 Å². The number of ether oxygens (including phenoxy) is 1. The molecule has 1 saturated carbocycles.